The van der Waals surface area contributed by atoms with Gasteiger partial charge in [-0.2, -0.15) is 13.2 Å². The minimum Gasteiger partial charge on any atom is -0.354 e. The second-order valence-electron chi connectivity index (χ2n) is 4.60. The van der Waals surface area contributed by atoms with Crippen molar-refractivity contribution in [3.63, 3.8) is 0 Å². The zero-order chi connectivity index (χ0) is 14.0. The lowest BCUT2D eigenvalue weighted by molar-refractivity contribution is -0.137. The number of likely N-dealkylation sites (N-methyl/N-ethyl adjacent to an activating group) is 1. The Morgan fingerprint density at radius 3 is 2.79 bits per heavy atom. The average molecular weight is 294 g/mol. The van der Waals surface area contributed by atoms with Crippen molar-refractivity contribution in [1.29, 1.82) is 0 Å². The topological polar surface area (TPSA) is 28.2 Å². The van der Waals surface area contributed by atoms with Gasteiger partial charge in [0.05, 0.1) is 10.6 Å². The molecule has 0 bridgehead atoms. The lowest BCUT2D eigenvalue weighted by Gasteiger charge is -2.33. The van der Waals surface area contributed by atoms with Gasteiger partial charge in [-0.1, -0.05) is 11.6 Å². The summed E-state index contributed by atoms with van der Waals surface area (Å²) in [7, 11) is 1.87. The predicted molar refractivity (Wildman–Crippen MR) is 68.5 cm³/mol. The first-order valence-electron chi connectivity index (χ1n) is 6.06. The SMILES string of the molecule is CN[C@@H]1CCCN(c2ncc(C(F)(F)F)cc2Cl)C1. The van der Waals surface area contributed by atoms with Gasteiger partial charge in [-0.05, 0) is 26.0 Å². The van der Waals surface area contributed by atoms with Crippen molar-refractivity contribution in [3.8, 4) is 0 Å². The van der Waals surface area contributed by atoms with Crippen LogP contribution in [-0.4, -0.2) is 31.2 Å². The van der Waals surface area contributed by atoms with E-state index in [1.54, 1.807) is 0 Å². The van der Waals surface area contributed by atoms with Gasteiger partial charge in [-0.3, -0.25) is 0 Å². The van der Waals surface area contributed by atoms with E-state index in [-0.39, 0.29) is 5.02 Å². The first kappa shape index (κ1) is 14.4. The zero-order valence-electron chi connectivity index (χ0n) is 10.5. The Bertz CT molecular complexity index is 450. The molecule has 1 atom stereocenters. The van der Waals surface area contributed by atoms with Gasteiger partial charge in [0.15, 0.2) is 0 Å². The van der Waals surface area contributed by atoms with Crippen LogP contribution in [0.25, 0.3) is 0 Å². The first-order valence-corrected chi connectivity index (χ1v) is 6.44. The summed E-state index contributed by atoms with van der Waals surface area (Å²) in [5, 5.41) is 3.21. The molecule has 1 N–H and O–H groups in total. The number of hydrogen-bond acceptors (Lipinski definition) is 3. The fraction of sp³-hybridized carbons (Fsp3) is 0.583. The molecule has 1 aromatic rings. The van der Waals surface area contributed by atoms with E-state index in [9.17, 15) is 13.2 Å². The summed E-state index contributed by atoms with van der Waals surface area (Å²) in [6.07, 6.45) is -1.56. The maximum absolute atomic E-state index is 12.5. The minimum atomic E-state index is -4.41. The number of rotatable bonds is 2. The van der Waals surface area contributed by atoms with E-state index in [4.69, 9.17) is 11.6 Å². The standard InChI is InChI=1S/C12H15ClF3N3/c1-17-9-3-2-4-19(7-9)11-10(13)5-8(6-18-11)12(14,15)16/h5-6,9,17H,2-4,7H2,1H3/t9-/m1/s1. The molecular formula is C12H15ClF3N3. The Kier molecular flexibility index (Phi) is 4.20. The lowest BCUT2D eigenvalue weighted by atomic mass is 10.1. The van der Waals surface area contributed by atoms with Gasteiger partial charge in [-0.25, -0.2) is 4.98 Å². The summed E-state index contributed by atoms with van der Waals surface area (Å²) in [6.45, 7) is 1.46. The van der Waals surface area contributed by atoms with Crippen molar-refractivity contribution in [3.05, 3.63) is 22.8 Å². The van der Waals surface area contributed by atoms with Crippen molar-refractivity contribution in [1.82, 2.24) is 10.3 Å². The Morgan fingerprint density at radius 1 is 1.47 bits per heavy atom. The zero-order valence-corrected chi connectivity index (χ0v) is 11.2. The third-order valence-electron chi connectivity index (χ3n) is 3.28. The molecule has 1 fully saturated rings. The van der Waals surface area contributed by atoms with Gasteiger partial charge >= 0.3 is 6.18 Å². The molecule has 1 saturated heterocycles. The lowest BCUT2D eigenvalue weighted by Crippen LogP contribution is -2.44. The van der Waals surface area contributed by atoms with Crippen LogP contribution >= 0.6 is 11.6 Å². The molecule has 2 heterocycles. The molecule has 1 aromatic heterocycles. The molecule has 0 aromatic carbocycles. The van der Waals surface area contributed by atoms with Crippen LogP contribution in [0, 0.1) is 0 Å². The monoisotopic (exact) mass is 293 g/mol. The molecule has 3 nitrogen and oxygen atoms in total. The van der Waals surface area contributed by atoms with Crippen molar-refractivity contribution in [2.45, 2.75) is 25.1 Å². The van der Waals surface area contributed by atoms with E-state index in [1.165, 1.54) is 0 Å². The number of aromatic nitrogens is 1. The maximum atomic E-state index is 12.5. The third-order valence-corrected chi connectivity index (χ3v) is 3.56. The van der Waals surface area contributed by atoms with Crippen molar-refractivity contribution in [2.24, 2.45) is 0 Å². The van der Waals surface area contributed by atoms with Crippen molar-refractivity contribution < 1.29 is 13.2 Å². The summed E-state index contributed by atoms with van der Waals surface area (Å²) < 4.78 is 37.6. The van der Waals surface area contributed by atoms with Gasteiger partial charge in [0.1, 0.15) is 5.82 Å². The number of hydrogen-bond donors (Lipinski definition) is 1. The number of nitrogens with zero attached hydrogens (tertiary/aromatic N) is 2. The molecule has 1 aliphatic rings. The van der Waals surface area contributed by atoms with E-state index < -0.39 is 11.7 Å². The fourth-order valence-corrected chi connectivity index (χ4v) is 2.51. The van der Waals surface area contributed by atoms with Crippen LogP contribution in [0.1, 0.15) is 18.4 Å². The number of nitrogens with one attached hydrogen (secondary N) is 1. The number of anilines is 1. The molecular weight excluding hydrogens is 279 g/mol. The first-order chi connectivity index (χ1) is 8.91. The Morgan fingerprint density at radius 2 is 2.21 bits per heavy atom. The van der Waals surface area contributed by atoms with Gasteiger partial charge in [0.2, 0.25) is 0 Å². The van der Waals surface area contributed by atoms with Crippen molar-refractivity contribution in [2.75, 3.05) is 25.0 Å². The highest BCUT2D eigenvalue weighted by atomic mass is 35.5. The van der Waals surface area contributed by atoms with E-state index in [1.807, 2.05) is 11.9 Å². The van der Waals surface area contributed by atoms with E-state index in [2.05, 4.69) is 10.3 Å². The third kappa shape index (κ3) is 3.30. The van der Waals surface area contributed by atoms with Crippen LogP contribution in [0.2, 0.25) is 5.02 Å². The fourth-order valence-electron chi connectivity index (χ4n) is 2.22. The summed E-state index contributed by atoms with van der Waals surface area (Å²) >= 11 is 5.94. The van der Waals surface area contributed by atoms with Gasteiger partial charge in [0.25, 0.3) is 0 Å². The van der Waals surface area contributed by atoms with E-state index in [0.717, 1.165) is 31.6 Å². The summed E-state index contributed by atoms with van der Waals surface area (Å²) in [5.41, 5.74) is -0.816. The second kappa shape index (κ2) is 5.54. The van der Waals surface area contributed by atoms with Crippen LogP contribution in [-0.2, 0) is 6.18 Å². The highest BCUT2D eigenvalue weighted by Gasteiger charge is 2.32. The number of pyridine rings is 1. The largest absolute Gasteiger partial charge is 0.417 e. The average Bonchev–Trinajstić information content (AvgIpc) is 2.37. The van der Waals surface area contributed by atoms with Crippen LogP contribution in [0.15, 0.2) is 12.3 Å². The second-order valence-corrected chi connectivity index (χ2v) is 5.01. The van der Waals surface area contributed by atoms with Crippen LogP contribution in [0.3, 0.4) is 0 Å². The molecule has 19 heavy (non-hydrogen) atoms. The number of halogens is 4. The van der Waals surface area contributed by atoms with Crippen LogP contribution in [0.4, 0.5) is 19.0 Å². The highest BCUT2D eigenvalue weighted by Crippen LogP contribution is 2.34. The highest BCUT2D eigenvalue weighted by molar-refractivity contribution is 6.33. The summed E-state index contributed by atoms with van der Waals surface area (Å²) in [4.78, 5) is 5.81. The molecule has 2 rings (SSSR count). The molecule has 1 aliphatic heterocycles. The number of alkyl halides is 3. The Hall–Kier alpha value is -1.01. The molecule has 0 radical (unpaired) electrons. The summed E-state index contributed by atoms with van der Waals surface area (Å²) in [6, 6.07) is 1.25. The smallest absolute Gasteiger partial charge is 0.354 e. The van der Waals surface area contributed by atoms with Gasteiger partial charge in [0, 0.05) is 25.3 Å². The quantitative estimate of drug-likeness (QED) is 0.909. The number of piperidine rings is 1. The molecule has 0 amide bonds. The molecule has 0 unspecified atom stereocenters. The predicted octanol–water partition coefficient (Wildman–Crippen LogP) is 2.94. The van der Waals surface area contributed by atoms with Crippen molar-refractivity contribution >= 4 is 17.4 Å². The summed E-state index contributed by atoms with van der Waals surface area (Å²) in [5.74, 6) is 0.426. The van der Waals surface area contributed by atoms with E-state index in [0.29, 0.717) is 18.4 Å². The normalized spacial score (nSPS) is 20.7. The Labute approximate surface area is 114 Å². The molecule has 0 aliphatic carbocycles. The van der Waals surface area contributed by atoms with Crippen LogP contribution in [0.5, 0.6) is 0 Å². The van der Waals surface area contributed by atoms with Gasteiger partial charge < -0.3 is 10.2 Å². The Balaban J connectivity index is 2.21. The van der Waals surface area contributed by atoms with E-state index >= 15 is 0 Å². The molecule has 106 valence electrons. The minimum absolute atomic E-state index is 0.0478. The van der Waals surface area contributed by atoms with Gasteiger partial charge in [-0.15, -0.1) is 0 Å². The molecule has 0 spiro atoms. The van der Waals surface area contributed by atoms with Crippen LogP contribution < -0.4 is 10.2 Å². The maximum Gasteiger partial charge on any atom is 0.417 e. The molecule has 7 heteroatoms. The molecule has 0 saturated carbocycles.